The molecule has 2 heterocycles. The Balaban J connectivity index is 1.41. The van der Waals surface area contributed by atoms with E-state index < -0.39 is 0 Å². The van der Waals surface area contributed by atoms with E-state index in [0.717, 1.165) is 16.9 Å². The average molecular weight is 463 g/mol. The van der Waals surface area contributed by atoms with Crippen molar-refractivity contribution in [3.63, 3.8) is 0 Å². The van der Waals surface area contributed by atoms with E-state index in [0.29, 0.717) is 17.9 Å². The molecule has 0 unspecified atom stereocenters. The zero-order valence-corrected chi connectivity index (χ0v) is 20.3. The van der Waals surface area contributed by atoms with Crippen LogP contribution in [0.25, 0.3) is 0 Å². The molecule has 1 N–H and O–H groups in total. The highest BCUT2D eigenvalue weighted by Gasteiger charge is 2.33. The van der Waals surface area contributed by atoms with Gasteiger partial charge in [0, 0.05) is 5.56 Å². The van der Waals surface area contributed by atoms with Crippen LogP contribution in [0.15, 0.2) is 71.3 Å². The van der Waals surface area contributed by atoms with Gasteiger partial charge in [-0.05, 0) is 53.3 Å². The second kappa shape index (κ2) is 9.48. The number of carbonyl (C=O) groups excluding carboxylic acids is 2. The Morgan fingerprint density at radius 3 is 2.42 bits per heavy atom. The maximum Gasteiger partial charge on any atom is 0.251 e. The molecule has 0 saturated carbocycles. The molecule has 5 nitrogen and oxygen atoms in total. The molecule has 0 radical (unpaired) electrons. The lowest BCUT2D eigenvalue weighted by molar-refractivity contribution is -0.128. The van der Waals surface area contributed by atoms with E-state index >= 15 is 0 Å². The average Bonchev–Trinajstić information content (AvgIpc) is 3.44. The molecule has 2 atom stereocenters. The Labute approximate surface area is 199 Å². The number of furan rings is 1. The fraction of sp³-hybridized carbons (Fsp3) is 0.333. The van der Waals surface area contributed by atoms with Crippen LogP contribution >= 0.6 is 11.8 Å². The topological polar surface area (TPSA) is 62.6 Å². The molecule has 1 aliphatic heterocycles. The first-order valence-corrected chi connectivity index (χ1v) is 12.2. The number of amides is 2. The van der Waals surface area contributed by atoms with Gasteiger partial charge < -0.3 is 14.6 Å². The quantitative estimate of drug-likeness (QED) is 0.500. The summed E-state index contributed by atoms with van der Waals surface area (Å²) in [6.45, 7) is 9.00. The summed E-state index contributed by atoms with van der Waals surface area (Å²) in [6, 6.07) is 19.5. The third kappa shape index (κ3) is 5.33. The standard InChI is InChI=1S/C27H30N2O3S/c1-18(19-11-13-22(14-12-19)27(2,3)4)28-25(31)20-7-9-21(10-8-20)26-29(24(30)17-33-26)16-23-6-5-15-32-23/h5-15,18,26H,16-17H2,1-4H3,(H,28,31)/t18-,26+/m0/s1. The first kappa shape index (κ1) is 23.2. The fourth-order valence-corrected chi connectivity index (χ4v) is 5.09. The van der Waals surface area contributed by atoms with Crippen molar-refractivity contribution >= 4 is 23.6 Å². The summed E-state index contributed by atoms with van der Waals surface area (Å²) in [4.78, 5) is 27.0. The monoisotopic (exact) mass is 462 g/mol. The number of thioether (sulfide) groups is 1. The molecule has 4 rings (SSSR count). The van der Waals surface area contributed by atoms with E-state index in [9.17, 15) is 9.59 Å². The van der Waals surface area contributed by atoms with Crippen LogP contribution in [0.1, 0.15) is 71.9 Å². The van der Waals surface area contributed by atoms with E-state index in [1.54, 1.807) is 18.0 Å². The van der Waals surface area contributed by atoms with Crippen LogP contribution in [0.4, 0.5) is 0 Å². The van der Waals surface area contributed by atoms with Crippen LogP contribution in [0.5, 0.6) is 0 Å². The van der Waals surface area contributed by atoms with Gasteiger partial charge in [-0.3, -0.25) is 9.59 Å². The highest BCUT2D eigenvalue weighted by Crippen LogP contribution is 2.39. The molecule has 33 heavy (non-hydrogen) atoms. The Morgan fingerprint density at radius 1 is 1.12 bits per heavy atom. The van der Waals surface area contributed by atoms with Crippen molar-refractivity contribution in [3.8, 4) is 0 Å². The molecule has 0 spiro atoms. The largest absolute Gasteiger partial charge is 0.467 e. The normalized spacial score (nSPS) is 17.3. The number of benzene rings is 2. The summed E-state index contributed by atoms with van der Waals surface area (Å²) in [5.74, 6) is 1.18. The highest BCUT2D eigenvalue weighted by molar-refractivity contribution is 8.00. The Bertz CT molecular complexity index is 1100. The predicted octanol–water partition coefficient (Wildman–Crippen LogP) is 5.84. The zero-order valence-electron chi connectivity index (χ0n) is 19.5. The second-order valence-electron chi connectivity index (χ2n) is 9.45. The molecule has 1 aliphatic rings. The van der Waals surface area contributed by atoms with Gasteiger partial charge in [0.05, 0.1) is 24.6 Å². The van der Waals surface area contributed by atoms with Gasteiger partial charge in [-0.1, -0.05) is 57.2 Å². The van der Waals surface area contributed by atoms with Crippen molar-refractivity contribution in [2.24, 2.45) is 0 Å². The molecular weight excluding hydrogens is 432 g/mol. The summed E-state index contributed by atoms with van der Waals surface area (Å²) < 4.78 is 5.42. The van der Waals surface area contributed by atoms with Crippen LogP contribution in [0, 0.1) is 0 Å². The van der Waals surface area contributed by atoms with E-state index in [1.807, 2.05) is 48.2 Å². The summed E-state index contributed by atoms with van der Waals surface area (Å²) >= 11 is 1.59. The number of hydrogen-bond donors (Lipinski definition) is 1. The van der Waals surface area contributed by atoms with Gasteiger partial charge in [0.25, 0.3) is 5.91 Å². The highest BCUT2D eigenvalue weighted by atomic mass is 32.2. The van der Waals surface area contributed by atoms with Crippen LogP contribution in [-0.4, -0.2) is 22.5 Å². The maximum absolute atomic E-state index is 12.8. The Hall–Kier alpha value is -2.99. The SMILES string of the molecule is C[C@H](NC(=O)c1ccc([C@H]2SCC(=O)N2Cc2ccco2)cc1)c1ccc(C(C)(C)C)cc1. The van der Waals surface area contributed by atoms with Gasteiger partial charge in [-0.15, -0.1) is 11.8 Å². The van der Waals surface area contributed by atoms with E-state index in [4.69, 9.17) is 4.42 Å². The smallest absolute Gasteiger partial charge is 0.251 e. The molecule has 172 valence electrons. The lowest BCUT2D eigenvalue weighted by Gasteiger charge is -2.23. The Kier molecular flexibility index (Phi) is 6.66. The number of carbonyl (C=O) groups is 2. The van der Waals surface area contributed by atoms with Crippen molar-refractivity contribution < 1.29 is 14.0 Å². The van der Waals surface area contributed by atoms with Crippen LogP contribution in [-0.2, 0) is 16.8 Å². The summed E-state index contributed by atoms with van der Waals surface area (Å²) in [6.07, 6.45) is 1.62. The molecular formula is C27H30N2O3S. The second-order valence-corrected chi connectivity index (χ2v) is 10.5. The summed E-state index contributed by atoms with van der Waals surface area (Å²) in [5.41, 5.74) is 4.04. The van der Waals surface area contributed by atoms with Crippen LogP contribution < -0.4 is 5.32 Å². The number of nitrogens with one attached hydrogen (secondary N) is 1. The minimum Gasteiger partial charge on any atom is -0.467 e. The molecule has 2 aromatic carbocycles. The molecule has 0 bridgehead atoms. The third-order valence-corrected chi connectivity index (χ3v) is 7.21. The van der Waals surface area contributed by atoms with E-state index in [2.05, 4.69) is 50.4 Å². The van der Waals surface area contributed by atoms with Gasteiger partial charge in [-0.25, -0.2) is 0 Å². The first-order valence-electron chi connectivity index (χ1n) is 11.2. The lowest BCUT2D eigenvalue weighted by Crippen LogP contribution is -2.28. The molecule has 1 saturated heterocycles. The predicted molar refractivity (Wildman–Crippen MR) is 132 cm³/mol. The minimum atomic E-state index is -0.114. The summed E-state index contributed by atoms with van der Waals surface area (Å²) in [5, 5.41) is 3.00. The van der Waals surface area contributed by atoms with E-state index in [1.165, 1.54) is 5.56 Å². The Morgan fingerprint density at radius 2 is 1.82 bits per heavy atom. The minimum absolute atomic E-state index is 0.0834. The number of hydrogen-bond acceptors (Lipinski definition) is 4. The van der Waals surface area contributed by atoms with E-state index in [-0.39, 0.29) is 28.6 Å². The molecule has 0 aliphatic carbocycles. The van der Waals surface area contributed by atoms with Crippen LogP contribution in [0.3, 0.4) is 0 Å². The van der Waals surface area contributed by atoms with Gasteiger partial charge in [0.15, 0.2) is 0 Å². The molecule has 1 aromatic heterocycles. The lowest BCUT2D eigenvalue weighted by atomic mass is 9.86. The van der Waals surface area contributed by atoms with Crippen LogP contribution in [0.2, 0.25) is 0 Å². The third-order valence-electron chi connectivity index (χ3n) is 5.96. The van der Waals surface area contributed by atoms with Gasteiger partial charge in [-0.2, -0.15) is 0 Å². The number of nitrogens with zero attached hydrogens (tertiary/aromatic N) is 1. The zero-order chi connectivity index (χ0) is 23.6. The van der Waals surface area contributed by atoms with Gasteiger partial charge in [0.2, 0.25) is 5.91 Å². The fourth-order valence-electron chi connectivity index (χ4n) is 3.91. The molecule has 6 heteroatoms. The van der Waals surface area contributed by atoms with Crippen molar-refractivity contribution in [1.29, 1.82) is 0 Å². The van der Waals surface area contributed by atoms with Crippen molar-refractivity contribution in [3.05, 3.63) is 94.9 Å². The van der Waals surface area contributed by atoms with Gasteiger partial charge >= 0.3 is 0 Å². The van der Waals surface area contributed by atoms with Crippen molar-refractivity contribution in [2.45, 2.75) is 51.1 Å². The van der Waals surface area contributed by atoms with Crippen molar-refractivity contribution in [2.75, 3.05) is 5.75 Å². The van der Waals surface area contributed by atoms with Gasteiger partial charge in [0.1, 0.15) is 11.1 Å². The maximum atomic E-state index is 12.8. The molecule has 1 fully saturated rings. The molecule has 3 aromatic rings. The summed E-state index contributed by atoms with van der Waals surface area (Å²) in [7, 11) is 0. The first-order chi connectivity index (χ1) is 15.7. The molecule has 2 amide bonds. The van der Waals surface area contributed by atoms with Crippen molar-refractivity contribution in [1.82, 2.24) is 10.2 Å². The number of rotatable bonds is 6.